The Morgan fingerprint density at radius 1 is 1.11 bits per heavy atom. The normalized spacial score (nSPS) is 10.9. The van der Waals surface area contributed by atoms with Crippen molar-refractivity contribution < 1.29 is 14.4 Å². The van der Waals surface area contributed by atoms with E-state index in [2.05, 4.69) is 15.5 Å². The zero-order valence-electron chi connectivity index (χ0n) is 16.7. The van der Waals surface area contributed by atoms with E-state index in [1.54, 1.807) is 0 Å². The van der Waals surface area contributed by atoms with Gasteiger partial charge in [0.2, 0.25) is 11.7 Å². The monoisotopic (exact) mass is 379 g/mol. The van der Waals surface area contributed by atoms with Crippen LogP contribution in [0.15, 0.2) is 34.9 Å². The molecule has 1 amide bonds. The predicted molar refractivity (Wildman–Crippen MR) is 108 cm³/mol. The molecule has 3 rings (SSSR count). The quantitative estimate of drug-likeness (QED) is 0.666. The highest BCUT2D eigenvalue weighted by Crippen LogP contribution is 2.30. The van der Waals surface area contributed by atoms with E-state index in [1.165, 1.54) is 0 Å². The number of phenolic OH excluding ortho intramolecular Hbond substituents is 1. The Kier molecular flexibility index (Phi) is 5.78. The number of carbonyl (C=O) groups is 1. The minimum absolute atomic E-state index is 0.0116. The lowest BCUT2D eigenvalue weighted by Gasteiger charge is -2.07. The van der Waals surface area contributed by atoms with Gasteiger partial charge in [-0.05, 0) is 66.8 Å². The van der Waals surface area contributed by atoms with Crippen molar-refractivity contribution in [2.75, 3.05) is 0 Å². The van der Waals surface area contributed by atoms with Crippen LogP contribution in [0.3, 0.4) is 0 Å². The number of benzene rings is 2. The van der Waals surface area contributed by atoms with E-state index in [-0.39, 0.29) is 5.91 Å². The number of aromatic nitrogens is 2. The van der Waals surface area contributed by atoms with Crippen LogP contribution in [-0.4, -0.2) is 21.2 Å². The fourth-order valence-corrected chi connectivity index (χ4v) is 3.12. The van der Waals surface area contributed by atoms with Crippen molar-refractivity contribution in [2.45, 2.75) is 47.1 Å². The summed E-state index contributed by atoms with van der Waals surface area (Å²) in [6.07, 6.45) is 1.17. The fourth-order valence-electron chi connectivity index (χ4n) is 3.12. The third-order valence-electron chi connectivity index (χ3n) is 4.64. The van der Waals surface area contributed by atoms with Gasteiger partial charge in [-0.1, -0.05) is 25.1 Å². The first-order chi connectivity index (χ1) is 13.4. The maximum atomic E-state index is 11.5. The van der Waals surface area contributed by atoms with E-state index in [0.717, 1.165) is 39.8 Å². The molecule has 0 saturated heterocycles. The summed E-state index contributed by atoms with van der Waals surface area (Å²) in [5, 5.41) is 17.1. The number of carbonyl (C=O) groups excluding carboxylic acids is 1. The van der Waals surface area contributed by atoms with E-state index < -0.39 is 0 Å². The fraction of sp³-hybridized carbons (Fsp3) is 0.318. The van der Waals surface area contributed by atoms with Crippen molar-refractivity contribution in [3.05, 3.63) is 52.6 Å². The Morgan fingerprint density at radius 3 is 2.61 bits per heavy atom. The lowest BCUT2D eigenvalue weighted by atomic mass is 10.0. The van der Waals surface area contributed by atoms with Gasteiger partial charge in [-0.2, -0.15) is 4.98 Å². The molecule has 146 valence electrons. The van der Waals surface area contributed by atoms with E-state index in [0.29, 0.717) is 30.4 Å². The zero-order chi connectivity index (χ0) is 20.3. The maximum Gasteiger partial charge on any atom is 0.258 e. The molecule has 6 heteroatoms. The molecule has 0 aliphatic heterocycles. The minimum atomic E-state index is 0.0116. The van der Waals surface area contributed by atoms with E-state index in [9.17, 15) is 9.90 Å². The number of nitrogens with one attached hydrogen (secondary N) is 1. The lowest BCUT2D eigenvalue weighted by molar-refractivity contribution is -0.120. The van der Waals surface area contributed by atoms with Gasteiger partial charge in [-0.15, -0.1) is 0 Å². The van der Waals surface area contributed by atoms with Crippen LogP contribution in [0.4, 0.5) is 0 Å². The van der Waals surface area contributed by atoms with Crippen molar-refractivity contribution in [3.63, 3.8) is 0 Å². The summed E-state index contributed by atoms with van der Waals surface area (Å²) in [5.74, 6) is 1.23. The van der Waals surface area contributed by atoms with Gasteiger partial charge in [0.05, 0.1) is 0 Å². The molecule has 1 aromatic heterocycles. The second-order valence-corrected chi connectivity index (χ2v) is 6.92. The Hall–Kier alpha value is -3.15. The summed E-state index contributed by atoms with van der Waals surface area (Å²) in [7, 11) is 0. The summed E-state index contributed by atoms with van der Waals surface area (Å²) in [5.41, 5.74) is 5.28. The highest BCUT2D eigenvalue weighted by Gasteiger charge is 2.15. The lowest BCUT2D eigenvalue weighted by Crippen LogP contribution is -2.21. The topological polar surface area (TPSA) is 88.2 Å². The van der Waals surface area contributed by atoms with Gasteiger partial charge in [-0.3, -0.25) is 4.79 Å². The standard InChI is InChI=1S/C22H25N3O3/c1-5-16-11-17(9-14(4)20(16)27)21-24-22(28-25-21)18-8-13(3)7-15(10-18)12-23-19(26)6-2/h7-11,27H,5-6,12H2,1-4H3,(H,23,26). The third kappa shape index (κ3) is 4.22. The number of hydrogen-bond acceptors (Lipinski definition) is 5. The number of nitrogens with zero attached hydrogens (tertiary/aromatic N) is 2. The smallest absolute Gasteiger partial charge is 0.258 e. The summed E-state index contributed by atoms with van der Waals surface area (Å²) in [6, 6.07) is 9.68. The van der Waals surface area contributed by atoms with E-state index in [4.69, 9.17) is 4.52 Å². The molecule has 0 fully saturated rings. The number of hydrogen-bond donors (Lipinski definition) is 2. The first kappa shape index (κ1) is 19.6. The molecule has 1 heterocycles. The highest BCUT2D eigenvalue weighted by molar-refractivity contribution is 5.75. The van der Waals surface area contributed by atoms with Gasteiger partial charge in [0.1, 0.15) is 5.75 Å². The Bertz CT molecular complexity index is 1010. The highest BCUT2D eigenvalue weighted by atomic mass is 16.5. The molecule has 0 unspecified atom stereocenters. The van der Waals surface area contributed by atoms with Crippen LogP contribution >= 0.6 is 0 Å². The molecule has 0 aliphatic rings. The summed E-state index contributed by atoms with van der Waals surface area (Å²) in [6.45, 7) is 8.12. The second kappa shape index (κ2) is 8.25. The van der Waals surface area contributed by atoms with Crippen molar-refractivity contribution >= 4 is 5.91 Å². The molecule has 0 bridgehead atoms. The number of aryl methyl sites for hydroxylation is 3. The summed E-state index contributed by atoms with van der Waals surface area (Å²) < 4.78 is 5.49. The molecular formula is C22H25N3O3. The molecular weight excluding hydrogens is 354 g/mol. The molecule has 2 aromatic carbocycles. The van der Waals surface area contributed by atoms with E-state index in [1.807, 2.05) is 58.0 Å². The van der Waals surface area contributed by atoms with E-state index >= 15 is 0 Å². The summed E-state index contributed by atoms with van der Waals surface area (Å²) in [4.78, 5) is 16.1. The molecule has 0 spiro atoms. The van der Waals surface area contributed by atoms with Gasteiger partial charge < -0.3 is 14.9 Å². The third-order valence-corrected chi connectivity index (χ3v) is 4.64. The summed E-state index contributed by atoms with van der Waals surface area (Å²) >= 11 is 0. The van der Waals surface area contributed by atoms with Gasteiger partial charge in [0, 0.05) is 24.1 Å². The molecule has 0 saturated carbocycles. The molecule has 0 radical (unpaired) electrons. The average Bonchev–Trinajstić information content (AvgIpc) is 3.18. The van der Waals surface area contributed by atoms with Gasteiger partial charge >= 0.3 is 0 Å². The number of rotatable bonds is 6. The number of phenols is 1. The molecule has 28 heavy (non-hydrogen) atoms. The minimum Gasteiger partial charge on any atom is -0.507 e. The Labute approximate surface area is 164 Å². The van der Waals surface area contributed by atoms with Crippen LogP contribution in [0.2, 0.25) is 0 Å². The molecule has 0 atom stereocenters. The van der Waals surface area contributed by atoms with Crippen LogP contribution < -0.4 is 5.32 Å². The van der Waals surface area contributed by atoms with Crippen LogP contribution in [-0.2, 0) is 17.8 Å². The Morgan fingerprint density at radius 2 is 1.89 bits per heavy atom. The van der Waals surface area contributed by atoms with Crippen molar-refractivity contribution in [1.29, 1.82) is 0 Å². The molecule has 2 N–H and O–H groups in total. The first-order valence-corrected chi connectivity index (χ1v) is 9.45. The van der Waals surface area contributed by atoms with Gasteiger partial charge in [0.25, 0.3) is 5.89 Å². The van der Waals surface area contributed by atoms with Crippen LogP contribution in [0.1, 0.15) is 42.5 Å². The molecule has 0 aliphatic carbocycles. The molecule has 3 aromatic rings. The van der Waals surface area contributed by atoms with Crippen molar-refractivity contribution in [3.8, 4) is 28.6 Å². The second-order valence-electron chi connectivity index (χ2n) is 6.92. The Balaban J connectivity index is 1.91. The van der Waals surface area contributed by atoms with Crippen molar-refractivity contribution in [2.24, 2.45) is 0 Å². The number of aromatic hydroxyl groups is 1. The predicted octanol–water partition coefficient (Wildman–Crippen LogP) is 4.31. The SMILES string of the molecule is CCC(=O)NCc1cc(C)cc(-c2nc(-c3cc(C)c(O)c(CC)c3)no2)c1. The number of amides is 1. The molecule has 6 nitrogen and oxygen atoms in total. The average molecular weight is 379 g/mol. The van der Waals surface area contributed by atoms with Gasteiger partial charge in [0.15, 0.2) is 0 Å². The van der Waals surface area contributed by atoms with Crippen molar-refractivity contribution in [1.82, 2.24) is 15.5 Å². The van der Waals surface area contributed by atoms with Gasteiger partial charge in [-0.25, -0.2) is 0 Å². The largest absolute Gasteiger partial charge is 0.507 e. The van der Waals surface area contributed by atoms with Crippen LogP contribution in [0.5, 0.6) is 5.75 Å². The zero-order valence-corrected chi connectivity index (χ0v) is 16.7. The maximum absolute atomic E-state index is 11.5. The van der Waals surface area contributed by atoms with Crippen LogP contribution in [0, 0.1) is 13.8 Å². The van der Waals surface area contributed by atoms with Crippen LogP contribution in [0.25, 0.3) is 22.8 Å². The first-order valence-electron chi connectivity index (χ1n) is 9.45.